The second-order valence-electron chi connectivity index (χ2n) is 6.78. The third kappa shape index (κ3) is 7.23. The normalized spacial score (nSPS) is 12.6. The zero-order valence-electron chi connectivity index (χ0n) is 16.1. The van der Waals surface area contributed by atoms with Gasteiger partial charge in [-0.05, 0) is 30.4 Å². The zero-order chi connectivity index (χ0) is 20.4. The van der Waals surface area contributed by atoms with E-state index in [1.54, 1.807) is 0 Å². The van der Waals surface area contributed by atoms with Crippen LogP contribution in [0.3, 0.4) is 0 Å². The van der Waals surface area contributed by atoms with Gasteiger partial charge < -0.3 is 16.4 Å². The molecule has 6 heteroatoms. The van der Waals surface area contributed by atoms with E-state index in [0.717, 1.165) is 17.5 Å². The highest BCUT2D eigenvalue weighted by molar-refractivity contribution is 5.91. The van der Waals surface area contributed by atoms with Crippen molar-refractivity contribution in [2.75, 3.05) is 0 Å². The summed E-state index contributed by atoms with van der Waals surface area (Å²) in [7, 11) is 0. The molecule has 6 nitrogen and oxygen atoms in total. The number of carbonyl (C=O) groups is 3. The highest BCUT2D eigenvalue weighted by Gasteiger charge is 2.25. The molecule has 2 aromatic carbocycles. The maximum absolute atomic E-state index is 12.7. The van der Waals surface area contributed by atoms with Crippen LogP contribution in [0.15, 0.2) is 60.7 Å². The summed E-state index contributed by atoms with van der Waals surface area (Å²) in [5.41, 5.74) is 7.55. The van der Waals surface area contributed by atoms with Gasteiger partial charge in [-0.1, -0.05) is 60.7 Å². The molecule has 0 aliphatic heterocycles. The number of benzene rings is 2. The van der Waals surface area contributed by atoms with Gasteiger partial charge in [-0.3, -0.25) is 14.4 Å². The molecule has 148 valence electrons. The fourth-order valence-corrected chi connectivity index (χ4v) is 3.02. The fraction of sp³-hybridized carbons (Fsp3) is 0.318. The van der Waals surface area contributed by atoms with Crippen LogP contribution in [0.4, 0.5) is 0 Å². The molecular weight excluding hydrogens is 354 g/mol. The number of rotatable bonds is 10. The Bertz CT molecular complexity index is 778. The summed E-state index contributed by atoms with van der Waals surface area (Å²) in [5, 5.41) is 5.35. The molecule has 0 aliphatic carbocycles. The van der Waals surface area contributed by atoms with Gasteiger partial charge in [-0.15, -0.1) is 0 Å². The summed E-state index contributed by atoms with van der Waals surface area (Å²) >= 11 is 0. The first-order valence-electron chi connectivity index (χ1n) is 9.40. The molecule has 2 aromatic rings. The maximum atomic E-state index is 12.7. The highest BCUT2D eigenvalue weighted by atomic mass is 16.2. The van der Waals surface area contributed by atoms with Crippen molar-refractivity contribution in [3.63, 3.8) is 0 Å². The summed E-state index contributed by atoms with van der Waals surface area (Å²) in [4.78, 5) is 36.0. The topological polar surface area (TPSA) is 101 Å². The number of primary amides is 1. The highest BCUT2D eigenvalue weighted by Crippen LogP contribution is 2.08. The van der Waals surface area contributed by atoms with Crippen LogP contribution < -0.4 is 16.4 Å². The number of hydrogen-bond acceptors (Lipinski definition) is 3. The molecule has 0 heterocycles. The number of nitrogens with one attached hydrogen (secondary N) is 2. The molecule has 2 atom stereocenters. The molecule has 0 bridgehead atoms. The van der Waals surface area contributed by atoms with E-state index in [1.807, 2.05) is 60.7 Å². The number of aryl methyl sites for hydroxylation is 1. The standard InChI is InChI=1S/C22H27N3O3/c1-16(26)24-20(15-18-11-6-3-7-12-18)22(28)25-19(21(23)27)14-8-13-17-9-4-2-5-10-17/h2-7,9-12,19-20H,8,13-15H2,1H3,(H2,23,27)(H,24,26)(H,25,28)/t19-,20-/m0/s1. The molecule has 0 saturated carbocycles. The number of nitrogens with two attached hydrogens (primary N) is 1. The molecular formula is C22H27N3O3. The van der Waals surface area contributed by atoms with E-state index in [1.165, 1.54) is 6.92 Å². The monoisotopic (exact) mass is 381 g/mol. The number of hydrogen-bond donors (Lipinski definition) is 3. The van der Waals surface area contributed by atoms with E-state index in [4.69, 9.17) is 5.73 Å². The van der Waals surface area contributed by atoms with Crippen LogP contribution in [0.2, 0.25) is 0 Å². The van der Waals surface area contributed by atoms with Crippen LogP contribution in [0.1, 0.15) is 30.9 Å². The van der Waals surface area contributed by atoms with Gasteiger partial charge in [0.25, 0.3) is 0 Å². The van der Waals surface area contributed by atoms with Gasteiger partial charge in [0.1, 0.15) is 12.1 Å². The molecule has 28 heavy (non-hydrogen) atoms. The Morgan fingerprint density at radius 1 is 0.857 bits per heavy atom. The lowest BCUT2D eigenvalue weighted by atomic mass is 10.0. The Labute approximate surface area is 165 Å². The van der Waals surface area contributed by atoms with Crippen molar-refractivity contribution >= 4 is 17.7 Å². The number of carbonyl (C=O) groups excluding carboxylic acids is 3. The lowest BCUT2D eigenvalue weighted by Crippen LogP contribution is -2.53. The third-order valence-corrected chi connectivity index (χ3v) is 4.44. The Balaban J connectivity index is 1.96. The van der Waals surface area contributed by atoms with Crippen molar-refractivity contribution in [2.24, 2.45) is 5.73 Å². The van der Waals surface area contributed by atoms with Crippen LogP contribution in [-0.2, 0) is 27.2 Å². The molecule has 0 aromatic heterocycles. The van der Waals surface area contributed by atoms with Gasteiger partial charge in [0.05, 0.1) is 0 Å². The van der Waals surface area contributed by atoms with Crippen molar-refractivity contribution < 1.29 is 14.4 Å². The quantitative estimate of drug-likeness (QED) is 0.584. The first-order chi connectivity index (χ1) is 13.5. The van der Waals surface area contributed by atoms with E-state index >= 15 is 0 Å². The molecule has 0 spiro atoms. The lowest BCUT2D eigenvalue weighted by Gasteiger charge is -2.21. The largest absolute Gasteiger partial charge is 0.368 e. The summed E-state index contributed by atoms with van der Waals surface area (Å²) in [6, 6.07) is 17.8. The molecule has 4 N–H and O–H groups in total. The van der Waals surface area contributed by atoms with E-state index < -0.39 is 23.9 Å². The van der Waals surface area contributed by atoms with E-state index in [0.29, 0.717) is 19.3 Å². The predicted molar refractivity (Wildman–Crippen MR) is 108 cm³/mol. The average Bonchev–Trinajstić information content (AvgIpc) is 2.67. The van der Waals surface area contributed by atoms with Crippen LogP contribution in [0.5, 0.6) is 0 Å². The summed E-state index contributed by atoms with van der Waals surface area (Å²) in [6.45, 7) is 1.36. The molecule has 0 radical (unpaired) electrons. The molecule has 0 fully saturated rings. The van der Waals surface area contributed by atoms with E-state index in [2.05, 4.69) is 10.6 Å². The molecule has 0 unspecified atom stereocenters. The molecule has 3 amide bonds. The maximum Gasteiger partial charge on any atom is 0.243 e. The van der Waals surface area contributed by atoms with Gasteiger partial charge >= 0.3 is 0 Å². The summed E-state index contributed by atoms with van der Waals surface area (Å²) in [6.07, 6.45) is 2.27. The molecule has 0 saturated heterocycles. The van der Waals surface area contributed by atoms with Crippen molar-refractivity contribution in [3.05, 3.63) is 71.8 Å². The lowest BCUT2D eigenvalue weighted by molar-refractivity contribution is -0.130. The Morgan fingerprint density at radius 2 is 1.43 bits per heavy atom. The smallest absolute Gasteiger partial charge is 0.243 e. The predicted octanol–water partition coefficient (Wildman–Crippen LogP) is 1.73. The van der Waals surface area contributed by atoms with Crippen LogP contribution in [0, 0.1) is 0 Å². The SMILES string of the molecule is CC(=O)N[C@@H](Cc1ccccc1)C(=O)N[C@@H](CCCc1ccccc1)C(N)=O. The van der Waals surface area contributed by atoms with Gasteiger partial charge in [0.2, 0.25) is 17.7 Å². The Kier molecular flexibility index (Phi) is 8.21. The Morgan fingerprint density at radius 3 is 1.96 bits per heavy atom. The first kappa shape index (κ1) is 21.2. The second kappa shape index (κ2) is 10.9. The van der Waals surface area contributed by atoms with Gasteiger partial charge in [-0.2, -0.15) is 0 Å². The average molecular weight is 381 g/mol. The van der Waals surface area contributed by atoms with Crippen LogP contribution >= 0.6 is 0 Å². The van der Waals surface area contributed by atoms with Gasteiger partial charge in [0, 0.05) is 13.3 Å². The van der Waals surface area contributed by atoms with Gasteiger partial charge in [-0.25, -0.2) is 0 Å². The van der Waals surface area contributed by atoms with Crippen molar-refractivity contribution in [2.45, 2.75) is 44.7 Å². The summed E-state index contributed by atoms with van der Waals surface area (Å²) < 4.78 is 0. The third-order valence-electron chi connectivity index (χ3n) is 4.44. The van der Waals surface area contributed by atoms with Crippen LogP contribution in [-0.4, -0.2) is 29.8 Å². The van der Waals surface area contributed by atoms with E-state index in [9.17, 15) is 14.4 Å². The van der Waals surface area contributed by atoms with Crippen LogP contribution in [0.25, 0.3) is 0 Å². The zero-order valence-corrected chi connectivity index (χ0v) is 16.1. The van der Waals surface area contributed by atoms with Crippen molar-refractivity contribution in [1.29, 1.82) is 0 Å². The summed E-state index contributed by atoms with van der Waals surface area (Å²) in [5.74, 6) is -1.30. The van der Waals surface area contributed by atoms with E-state index in [-0.39, 0.29) is 5.91 Å². The minimum atomic E-state index is -0.775. The minimum Gasteiger partial charge on any atom is -0.368 e. The Hall–Kier alpha value is -3.15. The fourth-order valence-electron chi connectivity index (χ4n) is 3.02. The minimum absolute atomic E-state index is 0.309. The van der Waals surface area contributed by atoms with Crippen molar-refractivity contribution in [1.82, 2.24) is 10.6 Å². The number of amides is 3. The molecule has 2 rings (SSSR count). The van der Waals surface area contributed by atoms with Gasteiger partial charge in [0.15, 0.2) is 0 Å². The van der Waals surface area contributed by atoms with Crippen molar-refractivity contribution in [3.8, 4) is 0 Å². The second-order valence-corrected chi connectivity index (χ2v) is 6.78. The molecule has 0 aliphatic rings. The first-order valence-corrected chi connectivity index (χ1v) is 9.40.